The molecule has 126 valence electrons. The maximum absolute atomic E-state index is 12.1. The molecule has 2 N–H and O–H groups in total. The minimum atomic E-state index is -0.371. The van der Waals surface area contributed by atoms with Crippen molar-refractivity contribution >= 4 is 11.8 Å². The second-order valence-corrected chi connectivity index (χ2v) is 4.85. The Morgan fingerprint density at radius 3 is 2.50 bits per heavy atom. The summed E-state index contributed by atoms with van der Waals surface area (Å²) in [6, 6.07) is 10.2. The van der Waals surface area contributed by atoms with E-state index in [9.17, 15) is 9.59 Å². The van der Waals surface area contributed by atoms with Gasteiger partial charge in [0, 0.05) is 11.8 Å². The van der Waals surface area contributed by atoms with E-state index in [1.807, 2.05) is 12.1 Å². The lowest BCUT2D eigenvalue weighted by atomic mass is 10.2. The molecular weight excluding hydrogens is 310 g/mol. The molecule has 24 heavy (non-hydrogen) atoms. The molecule has 1 aromatic carbocycles. The van der Waals surface area contributed by atoms with Gasteiger partial charge in [0.05, 0.1) is 33.0 Å². The van der Waals surface area contributed by atoms with Crippen molar-refractivity contribution in [2.75, 3.05) is 20.8 Å². The number of methoxy groups -OCH3 is 2. The molecule has 7 heteroatoms. The molecule has 0 saturated carbocycles. The first-order chi connectivity index (χ1) is 11.6. The van der Waals surface area contributed by atoms with E-state index in [0.717, 1.165) is 5.69 Å². The molecule has 2 rings (SSSR count). The van der Waals surface area contributed by atoms with Crippen LogP contribution in [0.4, 0.5) is 0 Å². The average Bonchev–Trinajstić information content (AvgIpc) is 2.64. The number of carbonyl (C=O) groups is 2. The van der Waals surface area contributed by atoms with E-state index in [0.29, 0.717) is 23.6 Å². The molecule has 2 aromatic rings. The molecule has 0 fully saturated rings. The predicted octanol–water partition coefficient (Wildman–Crippen LogP) is 1.14. The van der Waals surface area contributed by atoms with E-state index in [-0.39, 0.29) is 18.4 Å². The third kappa shape index (κ3) is 4.70. The SMILES string of the molecule is COc1ccc(C(=O)NCC(=O)NCc2ccccn2)cc1OC. The van der Waals surface area contributed by atoms with Gasteiger partial charge >= 0.3 is 0 Å². The van der Waals surface area contributed by atoms with Gasteiger partial charge in [-0.2, -0.15) is 0 Å². The first-order valence-electron chi connectivity index (χ1n) is 7.31. The number of nitrogens with one attached hydrogen (secondary N) is 2. The quantitative estimate of drug-likeness (QED) is 0.795. The first-order valence-corrected chi connectivity index (χ1v) is 7.31. The lowest BCUT2D eigenvalue weighted by Crippen LogP contribution is -2.36. The lowest BCUT2D eigenvalue weighted by molar-refractivity contribution is -0.120. The maximum atomic E-state index is 12.1. The minimum absolute atomic E-state index is 0.125. The standard InChI is InChI=1S/C17H19N3O4/c1-23-14-7-6-12(9-15(14)24-2)17(22)20-11-16(21)19-10-13-5-3-4-8-18-13/h3-9H,10-11H2,1-2H3,(H,19,21)(H,20,22). The van der Waals surface area contributed by atoms with Gasteiger partial charge in [-0.25, -0.2) is 0 Å². The van der Waals surface area contributed by atoms with Crippen molar-refractivity contribution in [2.45, 2.75) is 6.54 Å². The third-order valence-electron chi connectivity index (χ3n) is 3.25. The largest absolute Gasteiger partial charge is 0.493 e. The molecule has 0 aliphatic rings. The number of carbonyl (C=O) groups excluding carboxylic acids is 2. The summed E-state index contributed by atoms with van der Waals surface area (Å²) in [6.07, 6.45) is 1.65. The van der Waals surface area contributed by atoms with Gasteiger partial charge in [0.15, 0.2) is 11.5 Å². The molecule has 7 nitrogen and oxygen atoms in total. The summed E-state index contributed by atoms with van der Waals surface area (Å²) in [5, 5.41) is 5.24. The van der Waals surface area contributed by atoms with Crippen LogP contribution >= 0.6 is 0 Å². The molecule has 0 aliphatic carbocycles. The van der Waals surface area contributed by atoms with Crippen molar-refractivity contribution < 1.29 is 19.1 Å². The summed E-state index contributed by atoms with van der Waals surface area (Å²) in [5.41, 5.74) is 1.13. The Balaban J connectivity index is 1.85. The third-order valence-corrected chi connectivity index (χ3v) is 3.25. The number of ether oxygens (including phenoxy) is 2. The smallest absolute Gasteiger partial charge is 0.251 e. The Labute approximate surface area is 140 Å². The zero-order chi connectivity index (χ0) is 17.4. The van der Waals surface area contributed by atoms with E-state index in [2.05, 4.69) is 15.6 Å². The second-order valence-electron chi connectivity index (χ2n) is 4.85. The van der Waals surface area contributed by atoms with Crippen LogP contribution in [0.3, 0.4) is 0 Å². The van der Waals surface area contributed by atoms with Gasteiger partial charge in [0.2, 0.25) is 5.91 Å². The number of benzene rings is 1. The highest BCUT2D eigenvalue weighted by Crippen LogP contribution is 2.27. The van der Waals surface area contributed by atoms with Crippen LogP contribution in [0.15, 0.2) is 42.6 Å². The van der Waals surface area contributed by atoms with Crippen LogP contribution < -0.4 is 20.1 Å². The zero-order valence-corrected chi connectivity index (χ0v) is 13.5. The number of nitrogens with zero attached hydrogens (tertiary/aromatic N) is 1. The number of amides is 2. The van der Waals surface area contributed by atoms with Gasteiger partial charge in [-0.05, 0) is 30.3 Å². The summed E-state index contributed by atoms with van der Waals surface area (Å²) < 4.78 is 10.3. The van der Waals surface area contributed by atoms with Gasteiger partial charge in [0.1, 0.15) is 0 Å². The van der Waals surface area contributed by atoms with Crippen LogP contribution in [-0.4, -0.2) is 37.6 Å². The van der Waals surface area contributed by atoms with Crippen molar-refractivity contribution in [1.29, 1.82) is 0 Å². The summed E-state index contributed by atoms with van der Waals surface area (Å²) in [4.78, 5) is 28.0. The molecule has 2 amide bonds. The number of aromatic nitrogens is 1. The van der Waals surface area contributed by atoms with Crippen LogP contribution in [0.1, 0.15) is 16.1 Å². The fourth-order valence-electron chi connectivity index (χ4n) is 1.99. The number of pyridine rings is 1. The van der Waals surface area contributed by atoms with E-state index in [1.54, 1.807) is 30.5 Å². The maximum Gasteiger partial charge on any atom is 0.251 e. The van der Waals surface area contributed by atoms with Crippen molar-refractivity contribution in [3.63, 3.8) is 0 Å². The van der Waals surface area contributed by atoms with Crippen LogP contribution in [-0.2, 0) is 11.3 Å². The zero-order valence-electron chi connectivity index (χ0n) is 13.5. The molecule has 0 aliphatic heterocycles. The number of rotatable bonds is 7. The summed E-state index contributed by atoms with van der Waals surface area (Å²) in [5.74, 6) is 0.310. The molecule has 0 spiro atoms. The highest BCUT2D eigenvalue weighted by atomic mass is 16.5. The summed E-state index contributed by atoms with van der Waals surface area (Å²) in [6.45, 7) is 0.186. The van der Waals surface area contributed by atoms with Gasteiger partial charge in [-0.3, -0.25) is 14.6 Å². The Hall–Kier alpha value is -3.09. The second kappa shape index (κ2) is 8.52. The lowest BCUT2D eigenvalue weighted by Gasteiger charge is -2.10. The predicted molar refractivity (Wildman–Crippen MR) is 88.0 cm³/mol. The van der Waals surface area contributed by atoms with Crippen LogP contribution in [0, 0.1) is 0 Å². The average molecular weight is 329 g/mol. The molecule has 1 heterocycles. The Kier molecular flexibility index (Phi) is 6.13. The number of hydrogen-bond donors (Lipinski definition) is 2. The van der Waals surface area contributed by atoms with Crippen molar-refractivity contribution in [2.24, 2.45) is 0 Å². The van der Waals surface area contributed by atoms with Crippen LogP contribution in [0.25, 0.3) is 0 Å². The van der Waals surface area contributed by atoms with Crippen molar-refractivity contribution in [3.05, 3.63) is 53.9 Å². The van der Waals surface area contributed by atoms with Crippen LogP contribution in [0.2, 0.25) is 0 Å². The summed E-state index contributed by atoms with van der Waals surface area (Å²) in [7, 11) is 3.01. The fraction of sp³-hybridized carbons (Fsp3) is 0.235. The molecular formula is C17H19N3O4. The van der Waals surface area contributed by atoms with Crippen LogP contribution in [0.5, 0.6) is 11.5 Å². The highest BCUT2D eigenvalue weighted by molar-refractivity contribution is 5.97. The van der Waals surface area contributed by atoms with E-state index in [4.69, 9.17) is 9.47 Å². The minimum Gasteiger partial charge on any atom is -0.493 e. The monoisotopic (exact) mass is 329 g/mol. The van der Waals surface area contributed by atoms with Crippen molar-refractivity contribution in [3.8, 4) is 11.5 Å². The highest BCUT2D eigenvalue weighted by Gasteiger charge is 2.11. The van der Waals surface area contributed by atoms with E-state index >= 15 is 0 Å². The normalized spacial score (nSPS) is 9.92. The van der Waals surface area contributed by atoms with Crippen molar-refractivity contribution in [1.82, 2.24) is 15.6 Å². The van der Waals surface area contributed by atoms with E-state index < -0.39 is 0 Å². The molecule has 0 bridgehead atoms. The van der Waals surface area contributed by atoms with Gasteiger partial charge < -0.3 is 20.1 Å². The first kappa shape index (κ1) is 17.3. The molecule has 0 radical (unpaired) electrons. The Morgan fingerprint density at radius 2 is 1.83 bits per heavy atom. The molecule has 1 aromatic heterocycles. The topological polar surface area (TPSA) is 89.5 Å². The van der Waals surface area contributed by atoms with Gasteiger partial charge in [-0.1, -0.05) is 6.07 Å². The molecule has 0 atom stereocenters. The molecule has 0 saturated heterocycles. The van der Waals surface area contributed by atoms with Gasteiger partial charge in [0.25, 0.3) is 5.91 Å². The number of hydrogen-bond acceptors (Lipinski definition) is 5. The fourth-order valence-corrected chi connectivity index (χ4v) is 1.99. The van der Waals surface area contributed by atoms with E-state index in [1.165, 1.54) is 14.2 Å². The summed E-state index contributed by atoms with van der Waals surface area (Å²) >= 11 is 0. The Morgan fingerprint density at radius 1 is 1.04 bits per heavy atom. The molecule has 0 unspecified atom stereocenters. The van der Waals surface area contributed by atoms with Gasteiger partial charge in [-0.15, -0.1) is 0 Å². The Bertz CT molecular complexity index is 704.